The van der Waals surface area contributed by atoms with Crippen LogP contribution >= 0.6 is 11.8 Å². The van der Waals surface area contributed by atoms with E-state index in [0.29, 0.717) is 11.6 Å². The van der Waals surface area contributed by atoms with E-state index in [-0.39, 0.29) is 0 Å². The predicted molar refractivity (Wildman–Crippen MR) is 92.5 cm³/mol. The Morgan fingerprint density at radius 1 is 1.17 bits per heavy atom. The summed E-state index contributed by atoms with van der Waals surface area (Å²) >= 11 is 1.60. The fourth-order valence-corrected chi connectivity index (χ4v) is 3.24. The number of thioether (sulfide) groups is 1. The fourth-order valence-electron chi connectivity index (χ4n) is 2.40. The van der Waals surface area contributed by atoms with Crippen molar-refractivity contribution in [3.8, 4) is 11.5 Å². The van der Waals surface area contributed by atoms with Crippen LogP contribution in [0.2, 0.25) is 0 Å². The lowest BCUT2D eigenvalue weighted by molar-refractivity contribution is 0.573. The normalized spacial score (nSPS) is 11.2. The molecule has 1 aromatic carbocycles. The first-order valence-corrected chi connectivity index (χ1v) is 8.46. The number of benzene rings is 1. The summed E-state index contributed by atoms with van der Waals surface area (Å²) in [5, 5.41) is 6.08. The molecule has 0 saturated carbocycles. The molecule has 0 amide bonds. The maximum Gasteiger partial charge on any atom is 0.226 e. The van der Waals surface area contributed by atoms with Crippen LogP contribution in [0.5, 0.6) is 0 Å². The van der Waals surface area contributed by atoms with Gasteiger partial charge in [0, 0.05) is 18.4 Å². The highest BCUT2D eigenvalue weighted by Gasteiger charge is 2.11. The molecule has 0 aliphatic rings. The van der Waals surface area contributed by atoms with Crippen LogP contribution < -0.4 is 0 Å². The summed E-state index contributed by atoms with van der Waals surface area (Å²) in [4.78, 5) is 13.2. The van der Waals surface area contributed by atoms with Crippen LogP contribution in [0.3, 0.4) is 0 Å². The Labute approximate surface area is 143 Å². The van der Waals surface area contributed by atoms with E-state index in [2.05, 4.69) is 27.0 Å². The van der Waals surface area contributed by atoms with Gasteiger partial charge < -0.3 is 4.42 Å². The van der Waals surface area contributed by atoms with Crippen LogP contribution in [0.1, 0.15) is 11.3 Å². The van der Waals surface area contributed by atoms with Gasteiger partial charge in [0.2, 0.25) is 5.89 Å². The number of aromatic nitrogens is 5. The minimum atomic E-state index is 0.639. The zero-order chi connectivity index (χ0) is 16.5. The molecule has 4 rings (SSSR count). The number of hydrogen-bond acceptors (Lipinski definition) is 6. The predicted octanol–water partition coefficient (Wildman–Crippen LogP) is 3.62. The number of oxazole rings is 1. The van der Waals surface area contributed by atoms with E-state index in [1.807, 2.05) is 31.3 Å². The standard InChI is InChI=1S/C17H15N5OS/c1-11-3-5-12(6-4-11)16-21-13(8-23-16)9-24-17-14-7-20-22(2)15(14)18-10-19-17/h3-8,10H,9H2,1-2H3. The van der Waals surface area contributed by atoms with Crippen LogP contribution in [0.15, 0.2) is 52.5 Å². The highest BCUT2D eigenvalue weighted by Crippen LogP contribution is 2.28. The Kier molecular flexibility index (Phi) is 3.78. The number of hydrogen-bond donors (Lipinski definition) is 0. The molecular formula is C17H15N5OS. The second kappa shape index (κ2) is 6.09. The Morgan fingerprint density at radius 3 is 2.83 bits per heavy atom. The third-order valence-corrected chi connectivity index (χ3v) is 4.74. The van der Waals surface area contributed by atoms with Gasteiger partial charge in [0.1, 0.15) is 17.6 Å². The van der Waals surface area contributed by atoms with Gasteiger partial charge in [-0.2, -0.15) is 5.10 Å². The second-order valence-electron chi connectivity index (χ2n) is 5.48. The molecule has 120 valence electrons. The van der Waals surface area contributed by atoms with E-state index in [0.717, 1.165) is 27.3 Å². The molecule has 0 aliphatic carbocycles. The lowest BCUT2D eigenvalue weighted by Crippen LogP contribution is -1.93. The van der Waals surface area contributed by atoms with Crippen molar-refractivity contribution in [2.75, 3.05) is 0 Å². The molecule has 3 heterocycles. The van der Waals surface area contributed by atoms with E-state index in [1.165, 1.54) is 5.56 Å². The quantitative estimate of drug-likeness (QED) is 0.418. The second-order valence-corrected chi connectivity index (χ2v) is 6.45. The lowest BCUT2D eigenvalue weighted by atomic mass is 10.1. The molecule has 0 unspecified atom stereocenters. The zero-order valence-electron chi connectivity index (χ0n) is 13.3. The first-order chi connectivity index (χ1) is 11.7. The Hall–Kier alpha value is -2.67. The van der Waals surface area contributed by atoms with Crippen molar-refractivity contribution >= 4 is 22.8 Å². The molecule has 0 bridgehead atoms. The highest BCUT2D eigenvalue weighted by molar-refractivity contribution is 7.98. The first-order valence-electron chi connectivity index (χ1n) is 7.47. The van der Waals surface area contributed by atoms with Crippen molar-refractivity contribution in [1.82, 2.24) is 24.7 Å². The Balaban J connectivity index is 1.53. The molecule has 0 N–H and O–H groups in total. The molecule has 0 saturated heterocycles. The molecule has 4 aromatic rings. The summed E-state index contributed by atoms with van der Waals surface area (Å²) in [6, 6.07) is 8.13. The van der Waals surface area contributed by atoms with Crippen LogP contribution in [0, 0.1) is 6.92 Å². The monoisotopic (exact) mass is 337 g/mol. The van der Waals surface area contributed by atoms with E-state index in [9.17, 15) is 0 Å². The topological polar surface area (TPSA) is 69.6 Å². The average Bonchev–Trinajstić information content (AvgIpc) is 3.21. The van der Waals surface area contributed by atoms with Crippen molar-refractivity contribution in [3.05, 3.63) is 54.3 Å². The molecule has 24 heavy (non-hydrogen) atoms. The van der Waals surface area contributed by atoms with Gasteiger partial charge in [-0.15, -0.1) is 0 Å². The summed E-state index contributed by atoms with van der Waals surface area (Å²) in [6.45, 7) is 2.06. The van der Waals surface area contributed by atoms with Crippen LogP contribution in [-0.2, 0) is 12.8 Å². The van der Waals surface area contributed by atoms with Crippen molar-refractivity contribution in [3.63, 3.8) is 0 Å². The fraction of sp³-hybridized carbons (Fsp3) is 0.176. The summed E-state index contributed by atoms with van der Waals surface area (Å²) in [7, 11) is 1.87. The smallest absolute Gasteiger partial charge is 0.226 e. The van der Waals surface area contributed by atoms with Gasteiger partial charge >= 0.3 is 0 Å². The van der Waals surface area contributed by atoms with E-state index in [1.54, 1.807) is 35.2 Å². The molecule has 6 nitrogen and oxygen atoms in total. The SMILES string of the molecule is Cc1ccc(-c2nc(CSc3ncnc4c3cnn4C)co2)cc1. The maximum absolute atomic E-state index is 5.60. The number of nitrogens with zero attached hydrogens (tertiary/aromatic N) is 5. The van der Waals surface area contributed by atoms with Crippen molar-refractivity contribution in [2.24, 2.45) is 7.05 Å². The van der Waals surface area contributed by atoms with Crippen LogP contribution in [-0.4, -0.2) is 24.7 Å². The van der Waals surface area contributed by atoms with E-state index in [4.69, 9.17) is 4.42 Å². The number of fused-ring (bicyclic) bond motifs is 1. The van der Waals surface area contributed by atoms with E-state index >= 15 is 0 Å². The summed E-state index contributed by atoms with van der Waals surface area (Å²) < 4.78 is 7.34. The van der Waals surface area contributed by atoms with Gasteiger partial charge in [0.15, 0.2) is 5.65 Å². The van der Waals surface area contributed by atoms with Gasteiger partial charge in [-0.05, 0) is 19.1 Å². The Bertz CT molecular complexity index is 990. The summed E-state index contributed by atoms with van der Waals surface area (Å²) in [5.74, 6) is 1.32. The molecular weight excluding hydrogens is 322 g/mol. The maximum atomic E-state index is 5.60. The van der Waals surface area contributed by atoms with Crippen molar-refractivity contribution < 1.29 is 4.42 Å². The van der Waals surface area contributed by atoms with Crippen LogP contribution in [0.25, 0.3) is 22.5 Å². The molecule has 0 spiro atoms. The van der Waals surface area contributed by atoms with Gasteiger partial charge in [0.25, 0.3) is 0 Å². The zero-order valence-corrected chi connectivity index (χ0v) is 14.1. The third-order valence-electron chi connectivity index (χ3n) is 3.70. The summed E-state index contributed by atoms with van der Waals surface area (Å²) in [6.07, 6.45) is 5.05. The lowest BCUT2D eigenvalue weighted by Gasteiger charge is -2.00. The minimum absolute atomic E-state index is 0.639. The molecule has 0 aliphatic heterocycles. The third kappa shape index (κ3) is 2.78. The molecule has 3 aromatic heterocycles. The van der Waals surface area contributed by atoms with E-state index < -0.39 is 0 Å². The molecule has 0 fully saturated rings. The van der Waals surface area contributed by atoms with Crippen LogP contribution in [0.4, 0.5) is 0 Å². The van der Waals surface area contributed by atoms with Gasteiger partial charge in [-0.1, -0.05) is 29.5 Å². The molecule has 7 heteroatoms. The Morgan fingerprint density at radius 2 is 2.00 bits per heavy atom. The average molecular weight is 337 g/mol. The van der Waals surface area contributed by atoms with Crippen molar-refractivity contribution in [2.45, 2.75) is 17.7 Å². The largest absolute Gasteiger partial charge is 0.444 e. The molecule has 0 radical (unpaired) electrons. The highest BCUT2D eigenvalue weighted by atomic mass is 32.2. The van der Waals surface area contributed by atoms with Crippen molar-refractivity contribution in [1.29, 1.82) is 0 Å². The summed E-state index contributed by atoms with van der Waals surface area (Å²) in [5.41, 5.74) is 3.90. The minimum Gasteiger partial charge on any atom is -0.444 e. The van der Waals surface area contributed by atoms with Gasteiger partial charge in [0.05, 0.1) is 17.3 Å². The van der Waals surface area contributed by atoms with Gasteiger partial charge in [-0.3, -0.25) is 4.68 Å². The number of aryl methyl sites for hydroxylation is 2. The first kappa shape index (κ1) is 14.9. The van der Waals surface area contributed by atoms with Gasteiger partial charge in [-0.25, -0.2) is 15.0 Å². The number of rotatable bonds is 4. The molecule has 0 atom stereocenters.